The zero-order valence-electron chi connectivity index (χ0n) is 10.4. The van der Waals surface area contributed by atoms with E-state index in [-0.39, 0.29) is 5.60 Å². The number of nitrogens with one attached hydrogen (secondary N) is 1. The predicted octanol–water partition coefficient (Wildman–Crippen LogP) is 1.70. The van der Waals surface area contributed by atoms with Gasteiger partial charge in [-0.05, 0) is 57.9 Å². The first-order chi connectivity index (χ1) is 7.72. The van der Waals surface area contributed by atoms with E-state index < -0.39 is 0 Å². The first-order valence-electron chi connectivity index (χ1n) is 6.69. The maximum Gasteiger partial charge on any atom is 0.0651 e. The highest BCUT2D eigenvalue weighted by atomic mass is 16.5. The third-order valence-electron chi connectivity index (χ3n) is 4.33. The highest BCUT2D eigenvalue weighted by molar-refractivity contribution is 4.89. The lowest BCUT2D eigenvalue weighted by molar-refractivity contribution is -0.0402. The monoisotopic (exact) mass is 227 g/mol. The van der Waals surface area contributed by atoms with E-state index in [4.69, 9.17) is 4.74 Å². The Hall–Kier alpha value is -0.120. The third-order valence-corrected chi connectivity index (χ3v) is 4.33. The van der Waals surface area contributed by atoms with Crippen molar-refractivity contribution in [3.63, 3.8) is 0 Å². The standard InChI is InChI=1S/C13H25NO2/c1-14-12-2-6-13(15,7-3-12)10-11-4-8-16-9-5-11/h11-12,14-15H,2-10H2,1H3. The minimum Gasteiger partial charge on any atom is -0.390 e. The third kappa shape index (κ3) is 3.19. The molecular weight excluding hydrogens is 202 g/mol. The number of aliphatic hydroxyl groups is 1. The van der Waals surface area contributed by atoms with Crippen molar-refractivity contribution >= 4 is 0 Å². The van der Waals surface area contributed by atoms with Crippen molar-refractivity contribution in [2.24, 2.45) is 5.92 Å². The molecule has 1 saturated carbocycles. The SMILES string of the molecule is CNC1CCC(O)(CC2CCOCC2)CC1. The normalized spacial score (nSPS) is 37.5. The van der Waals surface area contributed by atoms with Crippen LogP contribution in [-0.2, 0) is 4.74 Å². The summed E-state index contributed by atoms with van der Waals surface area (Å²) in [5.41, 5.74) is -0.380. The van der Waals surface area contributed by atoms with E-state index in [1.165, 1.54) is 0 Å². The van der Waals surface area contributed by atoms with Crippen LogP contribution in [0.3, 0.4) is 0 Å². The van der Waals surface area contributed by atoms with Crippen molar-refractivity contribution < 1.29 is 9.84 Å². The lowest BCUT2D eigenvalue weighted by Crippen LogP contribution is -2.41. The maximum absolute atomic E-state index is 10.6. The summed E-state index contributed by atoms with van der Waals surface area (Å²) in [6.45, 7) is 1.78. The summed E-state index contributed by atoms with van der Waals surface area (Å²) in [6.07, 6.45) is 7.44. The smallest absolute Gasteiger partial charge is 0.0651 e. The van der Waals surface area contributed by atoms with E-state index in [1.807, 2.05) is 7.05 Å². The molecule has 0 spiro atoms. The molecule has 2 rings (SSSR count). The largest absolute Gasteiger partial charge is 0.390 e. The van der Waals surface area contributed by atoms with Gasteiger partial charge in [-0.25, -0.2) is 0 Å². The van der Waals surface area contributed by atoms with Crippen LogP contribution >= 0.6 is 0 Å². The van der Waals surface area contributed by atoms with Gasteiger partial charge < -0.3 is 15.2 Å². The molecule has 1 saturated heterocycles. The Bertz CT molecular complexity index is 206. The zero-order valence-corrected chi connectivity index (χ0v) is 10.4. The molecular formula is C13H25NO2. The summed E-state index contributed by atoms with van der Waals surface area (Å²) in [4.78, 5) is 0. The molecule has 16 heavy (non-hydrogen) atoms. The molecule has 1 heterocycles. The van der Waals surface area contributed by atoms with Crippen LogP contribution in [0.2, 0.25) is 0 Å². The Morgan fingerprint density at radius 2 is 1.81 bits per heavy atom. The van der Waals surface area contributed by atoms with Gasteiger partial charge in [-0.3, -0.25) is 0 Å². The van der Waals surface area contributed by atoms with Gasteiger partial charge in [0.15, 0.2) is 0 Å². The fraction of sp³-hybridized carbons (Fsp3) is 1.00. The van der Waals surface area contributed by atoms with Crippen LogP contribution in [0.1, 0.15) is 44.9 Å². The van der Waals surface area contributed by atoms with Gasteiger partial charge in [0.1, 0.15) is 0 Å². The highest BCUT2D eigenvalue weighted by Gasteiger charge is 2.35. The molecule has 0 bridgehead atoms. The van der Waals surface area contributed by atoms with E-state index in [0.717, 1.165) is 58.2 Å². The Labute approximate surface area is 98.6 Å². The number of ether oxygens (including phenoxy) is 1. The minimum absolute atomic E-state index is 0.380. The molecule has 3 nitrogen and oxygen atoms in total. The molecule has 0 unspecified atom stereocenters. The molecule has 2 aliphatic rings. The number of rotatable bonds is 3. The lowest BCUT2D eigenvalue weighted by atomic mass is 9.75. The first-order valence-corrected chi connectivity index (χ1v) is 6.69. The van der Waals surface area contributed by atoms with Gasteiger partial charge in [0.25, 0.3) is 0 Å². The van der Waals surface area contributed by atoms with Crippen LogP contribution in [0.4, 0.5) is 0 Å². The topological polar surface area (TPSA) is 41.5 Å². The molecule has 0 aromatic rings. The predicted molar refractivity (Wildman–Crippen MR) is 64.4 cm³/mol. The van der Waals surface area contributed by atoms with Crippen LogP contribution in [0.5, 0.6) is 0 Å². The zero-order chi connectivity index (χ0) is 11.4. The Morgan fingerprint density at radius 3 is 2.38 bits per heavy atom. The van der Waals surface area contributed by atoms with E-state index in [9.17, 15) is 5.11 Å². The molecule has 94 valence electrons. The first kappa shape index (κ1) is 12.3. The number of hydrogen-bond acceptors (Lipinski definition) is 3. The summed E-state index contributed by atoms with van der Waals surface area (Å²) in [5.74, 6) is 0.685. The van der Waals surface area contributed by atoms with Crippen LogP contribution in [0.15, 0.2) is 0 Å². The molecule has 0 aromatic carbocycles. The second kappa shape index (κ2) is 5.48. The van der Waals surface area contributed by atoms with Gasteiger partial charge >= 0.3 is 0 Å². The molecule has 0 atom stereocenters. The van der Waals surface area contributed by atoms with E-state index in [0.29, 0.717) is 12.0 Å². The number of hydrogen-bond donors (Lipinski definition) is 2. The summed E-state index contributed by atoms with van der Waals surface area (Å²) < 4.78 is 5.36. The quantitative estimate of drug-likeness (QED) is 0.771. The average molecular weight is 227 g/mol. The lowest BCUT2D eigenvalue weighted by Gasteiger charge is -2.39. The van der Waals surface area contributed by atoms with Gasteiger partial charge in [-0.15, -0.1) is 0 Å². The van der Waals surface area contributed by atoms with Crippen molar-refractivity contribution in [1.29, 1.82) is 0 Å². The summed E-state index contributed by atoms with van der Waals surface area (Å²) >= 11 is 0. The van der Waals surface area contributed by atoms with Crippen molar-refractivity contribution in [3.8, 4) is 0 Å². The van der Waals surface area contributed by atoms with Crippen LogP contribution in [0.25, 0.3) is 0 Å². The van der Waals surface area contributed by atoms with Crippen molar-refractivity contribution in [2.45, 2.75) is 56.6 Å². The molecule has 2 N–H and O–H groups in total. The molecule has 2 fully saturated rings. The second-order valence-electron chi connectivity index (χ2n) is 5.55. The molecule has 3 heteroatoms. The summed E-state index contributed by atoms with van der Waals surface area (Å²) in [6, 6.07) is 0.620. The fourth-order valence-corrected chi connectivity index (χ4v) is 3.14. The summed E-state index contributed by atoms with van der Waals surface area (Å²) in [7, 11) is 2.02. The Morgan fingerprint density at radius 1 is 1.19 bits per heavy atom. The molecule has 1 aliphatic heterocycles. The van der Waals surface area contributed by atoms with Crippen molar-refractivity contribution in [1.82, 2.24) is 5.32 Å². The molecule has 0 aromatic heterocycles. The van der Waals surface area contributed by atoms with Gasteiger partial charge in [0.05, 0.1) is 5.60 Å². The van der Waals surface area contributed by atoms with Gasteiger partial charge in [0, 0.05) is 19.3 Å². The average Bonchev–Trinajstić information content (AvgIpc) is 2.31. The molecule has 1 aliphatic carbocycles. The second-order valence-corrected chi connectivity index (χ2v) is 5.55. The van der Waals surface area contributed by atoms with Crippen LogP contribution in [-0.4, -0.2) is 37.0 Å². The highest BCUT2D eigenvalue weighted by Crippen LogP contribution is 2.36. The Balaban J connectivity index is 1.79. The maximum atomic E-state index is 10.6. The minimum atomic E-state index is -0.380. The van der Waals surface area contributed by atoms with Crippen LogP contribution < -0.4 is 5.32 Å². The van der Waals surface area contributed by atoms with Gasteiger partial charge in [0.2, 0.25) is 0 Å². The van der Waals surface area contributed by atoms with Gasteiger partial charge in [-0.2, -0.15) is 0 Å². The summed E-state index contributed by atoms with van der Waals surface area (Å²) in [5, 5.41) is 13.9. The molecule has 0 radical (unpaired) electrons. The Kier molecular flexibility index (Phi) is 4.22. The van der Waals surface area contributed by atoms with Crippen molar-refractivity contribution in [2.75, 3.05) is 20.3 Å². The van der Waals surface area contributed by atoms with Crippen molar-refractivity contribution in [3.05, 3.63) is 0 Å². The van der Waals surface area contributed by atoms with E-state index in [2.05, 4.69) is 5.32 Å². The van der Waals surface area contributed by atoms with Crippen LogP contribution in [0, 0.1) is 5.92 Å². The van der Waals surface area contributed by atoms with Gasteiger partial charge in [-0.1, -0.05) is 0 Å². The fourth-order valence-electron chi connectivity index (χ4n) is 3.14. The molecule has 0 amide bonds. The van der Waals surface area contributed by atoms with E-state index >= 15 is 0 Å². The van der Waals surface area contributed by atoms with E-state index in [1.54, 1.807) is 0 Å².